The molecule has 0 aliphatic heterocycles. The summed E-state index contributed by atoms with van der Waals surface area (Å²) in [7, 11) is 3.13. The number of hydrogen-bond donors (Lipinski definition) is 2. The number of hydrogen-bond acceptors (Lipinski definition) is 3. The molecule has 2 bridgehead atoms. The molecular weight excluding hydrogens is 321 g/mol. The summed E-state index contributed by atoms with van der Waals surface area (Å²) in [6.07, 6.45) is 5.02. The van der Waals surface area contributed by atoms with Crippen molar-refractivity contribution in [3.05, 3.63) is 29.6 Å². The van der Waals surface area contributed by atoms with Gasteiger partial charge >= 0.3 is 0 Å². The number of carbonyl (C=O) groups excluding carboxylic acids is 2. The molecule has 0 saturated heterocycles. The summed E-state index contributed by atoms with van der Waals surface area (Å²) < 4.78 is 13.9. The largest absolute Gasteiger partial charge is 0.345 e. The molecule has 6 heteroatoms. The van der Waals surface area contributed by atoms with Gasteiger partial charge in [-0.3, -0.25) is 9.59 Å². The normalized spacial score (nSPS) is 28.3. The zero-order valence-corrected chi connectivity index (χ0v) is 14.8. The van der Waals surface area contributed by atoms with Gasteiger partial charge in [0.15, 0.2) is 0 Å². The molecule has 0 aromatic heterocycles. The third-order valence-electron chi connectivity index (χ3n) is 5.65. The smallest absolute Gasteiger partial charge is 0.256 e. The van der Waals surface area contributed by atoms with E-state index in [4.69, 9.17) is 5.73 Å². The highest BCUT2D eigenvalue weighted by Crippen LogP contribution is 2.42. The highest BCUT2D eigenvalue weighted by atomic mass is 19.1. The average Bonchev–Trinajstić information content (AvgIpc) is 2.55. The second kappa shape index (κ2) is 7.12. The van der Waals surface area contributed by atoms with E-state index in [2.05, 4.69) is 5.32 Å². The van der Waals surface area contributed by atoms with E-state index in [-0.39, 0.29) is 23.4 Å². The first-order chi connectivity index (χ1) is 11.9. The van der Waals surface area contributed by atoms with Crippen molar-refractivity contribution in [1.29, 1.82) is 0 Å². The van der Waals surface area contributed by atoms with Crippen molar-refractivity contribution in [2.75, 3.05) is 19.4 Å². The molecule has 25 heavy (non-hydrogen) atoms. The number of amides is 2. The fourth-order valence-corrected chi connectivity index (χ4v) is 4.26. The van der Waals surface area contributed by atoms with E-state index in [9.17, 15) is 14.0 Å². The van der Waals surface area contributed by atoms with Gasteiger partial charge in [-0.05, 0) is 55.7 Å². The molecule has 3 rings (SSSR count). The first-order valence-electron chi connectivity index (χ1n) is 8.94. The molecule has 2 unspecified atom stereocenters. The Labute approximate surface area is 147 Å². The lowest BCUT2D eigenvalue weighted by molar-refractivity contribution is -0.122. The van der Waals surface area contributed by atoms with Crippen molar-refractivity contribution in [2.45, 2.75) is 38.1 Å². The lowest BCUT2D eigenvalue weighted by Gasteiger charge is -2.43. The van der Waals surface area contributed by atoms with Gasteiger partial charge < -0.3 is 16.0 Å². The van der Waals surface area contributed by atoms with Gasteiger partial charge in [-0.1, -0.05) is 6.42 Å². The molecule has 2 atom stereocenters. The lowest BCUT2D eigenvalue weighted by atomic mass is 9.65. The summed E-state index contributed by atoms with van der Waals surface area (Å²) in [5.74, 6) is -0.293. The number of nitrogens with one attached hydrogen (secondary N) is 1. The van der Waals surface area contributed by atoms with E-state index in [0.29, 0.717) is 17.5 Å². The van der Waals surface area contributed by atoms with E-state index in [1.807, 2.05) is 0 Å². The van der Waals surface area contributed by atoms with Crippen LogP contribution in [0.2, 0.25) is 0 Å². The Bertz CT molecular complexity index is 663. The van der Waals surface area contributed by atoms with Gasteiger partial charge in [-0.2, -0.15) is 0 Å². The number of fused-ring (bicyclic) bond motifs is 2. The Hall–Kier alpha value is -1.95. The summed E-state index contributed by atoms with van der Waals surface area (Å²) in [5.41, 5.74) is 6.70. The van der Waals surface area contributed by atoms with Gasteiger partial charge in [0.05, 0.1) is 5.56 Å². The van der Waals surface area contributed by atoms with Crippen LogP contribution in [0.5, 0.6) is 0 Å². The number of benzene rings is 1. The first kappa shape index (κ1) is 17.9. The molecule has 2 fully saturated rings. The number of nitrogens with two attached hydrogens (primary N) is 1. The SMILES string of the molecule is CN(C)C(=O)c1cc(NC(=O)C2CC3CCCC(C2)C3N)ccc1F. The van der Waals surface area contributed by atoms with Crippen LogP contribution < -0.4 is 11.1 Å². The van der Waals surface area contributed by atoms with Gasteiger partial charge in [0.1, 0.15) is 5.82 Å². The van der Waals surface area contributed by atoms with Crippen molar-refractivity contribution in [1.82, 2.24) is 4.90 Å². The quantitative estimate of drug-likeness (QED) is 0.882. The Morgan fingerprint density at radius 1 is 1.20 bits per heavy atom. The monoisotopic (exact) mass is 347 g/mol. The Balaban J connectivity index is 1.71. The predicted octanol–water partition coefficient (Wildman–Crippen LogP) is 2.62. The minimum atomic E-state index is -0.588. The summed E-state index contributed by atoms with van der Waals surface area (Å²) in [6, 6.07) is 4.34. The van der Waals surface area contributed by atoms with Gasteiger partial charge in [0.2, 0.25) is 5.91 Å². The fourth-order valence-electron chi connectivity index (χ4n) is 4.26. The van der Waals surface area contributed by atoms with Gasteiger partial charge in [0.25, 0.3) is 5.91 Å². The van der Waals surface area contributed by atoms with Crippen molar-refractivity contribution in [2.24, 2.45) is 23.5 Å². The van der Waals surface area contributed by atoms with Crippen LogP contribution in [-0.4, -0.2) is 36.9 Å². The molecule has 2 aliphatic rings. The van der Waals surface area contributed by atoms with Crippen LogP contribution in [0.4, 0.5) is 10.1 Å². The second-order valence-electron chi connectivity index (χ2n) is 7.58. The number of rotatable bonds is 3. The van der Waals surface area contributed by atoms with Crippen LogP contribution in [-0.2, 0) is 4.79 Å². The van der Waals surface area contributed by atoms with Gasteiger partial charge in [-0.25, -0.2) is 4.39 Å². The third-order valence-corrected chi connectivity index (χ3v) is 5.65. The summed E-state index contributed by atoms with van der Waals surface area (Å²) in [4.78, 5) is 26.0. The minimum Gasteiger partial charge on any atom is -0.345 e. The maximum absolute atomic E-state index is 13.9. The molecule has 0 radical (unpaired) electrons. The number of nitrogens with zero attached hydrogens (tertiary/aromatic N) is 1. The number of carbonyl (C=O) groups is 2. The molecular formula is C19H26FN3O2. The summed E-state index contributed by atoms with van der Waals surface area (Å²) in [5, 5.41) is 2.86. The summed E-state index contributed by atoms with van der Waals surface area (Å²) in [6.45, 7) is 0. The van der Waals surface area contributed by atoms with Gasteiger partial charge in [-0.15, -0.1) is 0 Å². The minimum absolute atomic E-state index is 0.0367. The molecule has 2 aliphatic carbocycles. The van der Waals surface area contributed by atoms with Crippen molar-refractivity contribution < 1.29 is 14.0 Å². The molecule has 0 heterocycles. The highest BCUT2D eigenvalue weighted by molar-refractivity contribution is 5.97. The molecule has 0 spiro atoms. The standard InChI is InChI=1S/C19H26FN3O2/c1-23(2)19(25)15-10-14(6-7-16(15)20)22-18(24)13-8-11-4-3-5-12(9-13)17(11)21/h6-7,10-13,17H,3-5,8-9,21H2,1-2H3,(H,22,24). The zero-order chi connectivity index (χ0) is 18.1. The Kier molecular flexibility index (Phi) is 5.08. The van der Waals surface area contributed by atoms with Crippen LogP contribution >= 0.6 is 0 Å². The molecule has 5 nitrogen and oxygen atoms in total. The average molecular weight is 347 g/mol. The maximum atomic E-state index is 13.9. The van der Waals surface area contributed by atoms with E-state index in [0.717, 1.165) is 25.7 Å². The van der Waals surface area contributed by atoms with E-state index in [1.54, 1.807) is 14.1 Å². The fraction of sp³-hybridized carbons (Fsp3) is 0.579. The molecule has 1 aromatic carbocycles. The lowest BCUT2D eigenvalue weighted by Crippen LogP contribution is -2.48. The zero-order valence-electron chi connectivity index (χ0n) is 14.8. The van der Waals surface area contributed by atoms with Crippen LogP contribution in [0, 0.1) is 23.6 Å². The van der Waals surface area contributed by atoms with Crippen molar-refractivity contribution in [3.8, 4) is 0 Å². The van der Waals surface area contributed by atoms with Crippen LogP contribution in [0.1, 0.15) is 42.5 Å². The topological polar surface area (TPSA) is 75.4 Å². The second-order valence-corrected chi connectivity index (χ2v) is 7.58. The molecule has 2 saturated carbocycles. The Morgan fingerprint density at radius 3 is 2.44 bits per heavy atom. The molecule has 3 N–H and O–H groups in total. The molecule has 1 aromatic rings. The number of anilines is 1. The predicted molar refractivity (Wildman–Crippen MR) is 94.6 cm³/mol. The molecule has 136 valence electrons. The number of halogens is 1. The third kappa shape index (κ3) is 3.68. The van der Waals surface area contributed by atoms with Gasteiger partial charge in [0, 0.05) is 31.7 Å². The van der Waals surface area contributed by atoms with E-state index in [1.165, 1.54) is 29.5 Å². The van der Waals surface area contributed by atoms with Crippen molar-refractivity contribution >= 4 is 17.5 Å². The Morgan fingerprint density at radius 2 is 1.84 bits per heavy atom. The van der Waals surface area contributed by atoms with Crippen molar-refractivity contribution in [3.63, 3.8) is 0 Å². The maximum Gasteiger partial charge on any atom is 0.256 e. The summed E-state index contributed by atoms with van der Waals surface area (Å²) >= 11 is 0. The highest BCUT2D eigenvalue weighted by Gasteiger charge is 2.40. The van der Waals surface area contributed by atoms with Crippen LogP contribution in [0.3, 0.4) is 0 Å². The van der Waals surface area contributed by atoms with E-state index < -0.39 is 11.7 Å². The van der Waals surface area contributed by atoms with E-state index >= 15 is 0 Å². The van der Waals surface area contributed by atoms with Crippen LogP contribution in [0.15, 0.2) is 18.2 Å². The first-order valence-corrected chi connectivity index (χ1v) is 8.94. The molecule has 2 amide bonds. The van der Waals surface area contributed by atoms with Crippen LogP contribution in [0.25, 0.3) is 0 Å².